The maximum atomic E-state index is 12.7. The Labute approximate surface area is 183 Å². The molecule has 0 unspecified atom stereocenters. The zero-order valence-electron chi connectivity index (χ0n) is 17.8. The summed E-state index contributed by atoms with van der Waals surface area (Å²) < 4.78 is 10.8. The highest BCUT2D eigenvalue weighted by molar-refractivity contribution is 6.30. The number of benzene rings is 1. The maximum absolute atomic E-state index is 12.7. The van der Waals surface area contributed by atoms with Crippen molar-refractivity contribution in [2.24, 2.45) is 5.92 Å². The average molecular weight is 435 g/mol. The Bertz CT molecular complexity index is 805. The number of ether oxygens (including phenoxy) is 1. The van der Waals surface area contributed by atoms with E-state index in [0.717, 1.165) is 51.4 Å². The van der Waals surface area contributed by atoms with Gasteiger partial charge in [0.2, 0.25) is 17.6 Å². The summed E-state index contributed by atoms with van der Waals surface area (Å²) in [6.07, 6.45) is 2.03. The zero-order valence-corrected chi connectivity index (χ0v) is 18.6. The number of carbonyl (C=O) groups is 1. The van der Waals surface area contributed by atoms with E-state index < -0.39 is 0 Å². The fourth-order valence-electron chi connectivity index (χ4n) is 3.48. The number of amides is 1. The molecule has 7 nitrogen and oxygen atoms in total. The lowest BCUT2D eigenvalue weighted by atomic mass is 10.1. The van der Waals surface area contributed by atoms with Gasteiger partial charge in [0.25, 0.3) is 0 Å². The van der Waals surface area contributed by atoms with Crippen LogP contribution in [0.4, 0.5) is 0 Å². The molecule has 2 heterocycles. The molecule has 8 heteroatoms. The van der Waals surface area contributed by atoms with Gasteiger partial charge < -0.3 is 14.2 Å². The van der Waals surface area contributed by atoms with Crippen LogP contribution in [0.5, 0.6) is 0 Å². The lowest BCUT2D eigenvalue weighted by Gasteiger charge is -2.28. The molecule has 1 fully saturated rings. The second-order valence-electron chi connectivity index (χ2n) is 8.06. The summed E-state index contributed by atoms with van der Waals surface area (Å²) in [5.41, 5.74) is 0.816. The summed E-state index contributed by atoms with van der Waals surface area (Å²) in [4.78, 5) is 21.5. The number of aromatic nitrogens is 2. The lowest BCUT2D eigenvalue weighted by molar-refractivity contribution is -0.132. The number of carbonyl (C=O) groups excluding carboxylic acids is 1. The van der Waals surface area contributed by atoms with Crippen molar-refractivity contribution in [3.63, 3.8) is 0 Å². The molecule has 2 aromatic rings. The van der Waals surface area contributed by atoms with E-state index in [9.17, 15) is 4.79 Å². The van der Waals surface area contributed by atoms with Crippen molar-refractivity contribution in [1.82, 2.24) is 19.9 Å². The first-order chi connectivity index (χ1) is 14.5. The van der Waals surface area contributed by atoms with Crippen molar-refractivity contribution in [1.29, 1.82) is 0 Å². The van der Waals surface area contributed by atoms with Crippen LogP contribution in [-0.4, -0.2) is 71.8 Å². The van der Waals surface area contributed by atoms with E-state index in [1.807, 2.05) is 17.0 Å². The van der Waals surface area contributed by atoms with Gasteiger partial charge in [-0.1, -0.05) is 42.7 Å². The van der Waals surface area contributed by atoms with Crippen molar-refractivity contribution >= 4 is 17.5 Å². The molecule has 0 atom stereocenters. The Morgan fingerprint density at radius 1 is 1.27 bits per heavy atom. The number of hydrogen-bond donors (Lipinski definition) is 0. The molecule has 0 saturated carbocycles. The number of rotatable bonds is 10. The molecule has 1 saturated heterocycles. The summed E-state index contributed by atoms with van der Waals surface area (Å²) >= 11 is 6.04. The minimum Gasteiger partial charge on any atom is -0.379 e. The largest absolute Gasteiger partial charge is 0.379 e. The number of nitrogens with zero attached hydrogens (tertiary/aromatic N) is 4. The number of morpholine rings is 1. The van der Waals surface area contributed by atoms with Gasteiger partial charge in [0.05, 0.1) is 13.2 Å². The van der Waals surface area contributed by atoms with Gasteiger partial charge in [0.1, 0.15) is 0 Å². The van der Waals surface area contributed by atoms with Crippen LogP contribution in [0, 0.1) is 5.92 Å². The van der Waals surface area contributed by atoms with Crippen LogP contribution in [0.15, 0.2) is 28.8 Å². The molecule has 0 N–H and O–H groups in total. The van der Waals surface area contributed by atoms with Gasteiger partial charge in [-0.15, -0.1) is 0 Å². The predicted octanol–water partition coefficient (Wildman–Crippen LogP) is 3.53. The van der Waals surface area contributed by atoms with Crippen LogP contribution in [0.2, 0.25) is 5.02 Å². The van der Waals surface area contributed by atoms with Crippen LogP contribution >= 0.6 is 11.6 Å². The molecule has 1 aromatic heterocycles. The highest BCUT2D eigenvalue weighted by Crippen LogP contribution is 2.20. The molecule has 1 aliphatic rings. The smallest absolute Gasteiger partial charge is 0.228 e. The van der Waals surface area contributed by atoms with E-state index >= 15 is 0 Å². The number of halogens is 1. The summed E-state index contributed by atoms with van der Waals surface area (Å²) in [6, 6.07) is 7.36. The summed E-state index contributed by atoms with van der Waals surface area (Å²) in [7, 11) is 0. The Morgan fingerprint density at radius 3 is 2.80 bits per heavy atom. The van der Waals surface area contributed by atoms with Crippen LogP contribution in [0.3, 0.4) is 0 Å². The highest BCUT2D eigenvalue weighted by atomic mass is 35.5. The fraction of sp³-hybridized carbons (Fsp3) is 0.591. The molecule has 164 valence electrons. The first kappa shape index (κ1) is 22.7. The van der Waals surface area contributed by atoms with E-state index in [2.05, 4.69) is 28.9 Å². The predicted molar refractivity (Wildman–Crippen MR) is 116 cm³/mol. The third-order valence-electron chi connectivity index (χ3n) is 5.09. The quantitative estimate of drug-likeness (QED) is 0.569. The Hall–Kier alpha value is -1.96. The van der Waals surface area contributed by atoms with Crippen molar-refractivity contribution in [3.05, 3.63) is 35.2 Å². The molecule has 3 rings (SSSR count). The maximum Gasteiger partial charge on any atom is 0.228 e. The third kappa shape index (κ3) is 7.07. The van der Waals surface area contributed by atoms with Gasteiger partial charge in [0, 0.05) is 56.2 Å². The van der Waals surface area contributed by atoms with E-state index in [0.29, 0.717) is 42.0 Å². The molecular formula is C22H31ClN4O3. The van der Waals surface area contributed by atoms with E-state index in [1.165, 1.54) is 0 Å². The van der Waals surface area contributed by atoms with Crippen LogP contribution in [0.25, 0.3) is 11.4 Å². The van der Waals surface area contributed by atoms with Crippen LogP contribution in [-0.2, 0) is 16.0 Å². The van der Waals surface area contributed by atoms with Gasteiger partial charge in [0.15, 0.2) is 0 Å². The van der Waals surface area contributed by atoms with E-state index in [4.69, 9.17) is 20.9 Å². The van der Waals surface area contributed by atoms with Gasteiger partial charge in [-0.25, -0.2) is 0 Å². The lowest BCUT2D eigenvalue weighted by Crippen LogP contribution is -2.39. The first-order valence-corrected chi connectivity index (χ1v) is 11.1. The normalized spacial score (nSPS) is 14.9. The van der Waals surface area contributed by atoms with Crippen molar-refractivity contribution in [2.75, 3.05) is 45.9 Å². The topological polar surface area (TPSA) is 71.7 Å². The summed E-state index contributed by atoms with van der Waals surface area (Å²) in [5.74, 6) is 1.55. The second kappa shape index (κ2) is 11.4. The van der Waals surface area contributed by atoms with Gasteiger partial charge in [-0.05, 0) is 24.5 Å². The minimum absolute atomic E-state index is 0.182. The summed E-state index contributed by atoms with van der Waals surface area (Å²) in [5, 5.41) is 4.68. The Morgan fingerprint density at radius 2 is 2.07 bits per heavy atom. The molecule has 0 spiro atoms. The van der Waals surface area contributed by atoms with Crippen molar-refractivity contribution in [3.8, 4) is 11.4 Å². The van der Waals surface area contributed by atoms with Gasteiger partial charge in [-0.3, -0.25) is 9.69 Å². The monoisotopic (exact) mass is 434 g/mol. The molecule has 1 amide bonds. The molecule has 1 aliphatic heterocycles. The SMILES string of the molecule is CC(C)CC(=O)N(CCCN1CCOCC1)CCc1nc(-c2cccc(Cl)c2)no1. The Balaban J connectivity index is 1.55. The zero-order chi connectivity index (χ0) is 21.3. The standard InChI is InChI=1S/C22H31ClN4O3/c1-17(2)15-21(28)27(9-4-8-26-11-13-29-14-12-26)10-7-20-24-22(25-30-20)18-5-3-6-19(23)16-18/h3,5-6,16-17H,4,7-15H2,1-2H3. The molecule has 0 radical (unpaired) electrons. The van der Waals surface area contributed by atoms with E-state index in [1.54, 1.807) is 12.1 Å². The second-order valence-corrected chi connectivity index (χ2v) is 8.49. The third-order valence-corrected chi connectivity index (χ3v) is 5.32. The highest BCUT2D eigenvalue weighted by Gasteiger charge is 2.18. The minimum atomic E-state index is 0.182. The summed E-state index contributed by atoms with van der Waals surface area (Å²) in [6.45, 7) is 9.95. The Kier molecular flexibility index (Phi) is 8.66. The molecule has 0 aliphatic carbocycles. The molecule has 1 aromatic carbocycles. The van der Waals surface area contributed by atoms with Crippen LogP contribution < -0.4 is 0 Å². The molecular weight excluding hydrogens is 404 g/mol. The fourth-order valence-corrected chi connectivity index (χ4v) is 3.67. The van der Waals surface area contributed by atoms with E-state index in [-0.39, 0.29) is 5.91 Å². The first-order valence-electron chi connectivity index (χ1n) is 10.7. The van der Waals surface area contributed by atoms with Crippen molar-refractivity contribution in [2.45, 2.75) is 33.1 Å². The van der Waals surface area contributed by atoms with Crippen LogP contribution in [0.1, 0.15) is 32.6 Å². The van der Waals surface area contributed by atoms with Gasteiger partial charge >= 0.3 is 0 Å². The average Bonchev–Trinajstić information content (AvgIpc) is 3.20. The molecule has 0 bridgehead atoms. The van der Waals surface area contributed by atoms with Gasteiger partial charge in [-0.2, -0.15) is 4.98 Å². The van der Waals surface area contributed by atoms with Crippen molar-refractivity contribution < 1.29 is 14.1 Å². The molecule has 30 heavy (non-hydrogen) atoms. The number of hydrogen-bond acceptors (Lipinski definition) is 6.